The quantitative estimate of drug-likeness (QED) is 0.678. The number of nitrogens with zero attached hydrogens (tertiary/aromatic N) is 3. The third kappa shape index (κ3) is 3.85. The van der Waals surface area contributed by atoms with E-state index in [-0.39, 0.29) is 0 Å². The Labute approximate surface area is 152 Å². The van der Waals surface area contributed by atoms with Crippen molar-refractivity contribution in [2.24, 2.45) is 10.7 Å². The second-order valence-electron chi connectivity index (χ2n) is 6.60. The maximum atomic E-state index is 6.11. The normalized spacial score (nSPS) is 21.2. The number of ether oxygens (including phenoxy) is 1. The molecule has 132 valence electrons. The second-order valence-corrected chi connectivity index (χ2v) is 7.77. The highest BCUT2D eigenvalue weighted by molar-refractivity contribution is 7.11. The number of benzene rings is 1. The van der Waals surface area contributed by atoms with Crippen LogP contribution < -0.4 is 5.73 Å². The van der Waals surface area contributed by atoms with Gasteiger partial charge < -0.3 is 15.4 Å². The molecule has 0 saturated carbocycles. The molecule has 1 aromatic heterocycles. The summed E-state index contributed by atoms with van der Waals surface area (Å²) in [6.45, 7) is 3.67. The molecule has 2 aliphatic rings. The first-order valence-electron chi connectivity index (χ1n) is 8.94. The van der Waals surface area contributed by atoms with Crippen LogP contribution in [-0.2, 0) is 24.1 Å². The fourth-order valence-corrected chi connectivity index (χ4v) is 4.67. The molecule has 1 saturated heterocycles. The van der Waals surface area contributed by atoms with Crippen LogP contribution in [0.15, 0.2) is 35.3 Å². The van der Waals surface area contributed by atoms with E-state index in [1.54, 1.807) is 11.3 Å². The Morgan fingerprint density at radius 3 is 2.88 bits per heavy atom. The first-order chi connectivity index (χ1) is 12.3. The lowest BCUT2D eigenvalue weighted by Crippen LogP contribution is -2.44. The van der Waals surface area contributed by atoms with Gasteiger partial charge in [-0.15, -0.1) is 11.3 Å². The monoisotopic (exact) mass is 356 g/mol. The van der Waals surface area contributed by atoms with Crippen molar-refractivity contribution in [2.45, 2.75) is 31.7 Å². The van der Waals surface area contributed by atoms with Crippen molar-refractivity contribution < 1.29 is 4.74 Å². The number of fused-ring (bicyclic) bond motifs is 1. The third-order valence-electron chi connectivity index (χ3n) is 4.97. The van der Waals surface area contributed by atoms with Gasteiger partial charge in [0, 0.05) is 18.0 Å². The molecule has 0 spiro atoms. The Hall–Kier alpha value is -1.92. The van der Waals surface area contributed by atoms with E-state index in [2.05, 4.69) is 40.2 Å². The first-order valence-corrected chi connectivity index (χ1v) is 9.76. The van der Waals surface area contributed by atoms with Crippen LogP contribution in [0.25, 0.3) is 0 Å². The molecule has 25 heavy (non-hydrogen) atoms. The predicted molar refractivity (Wildman–Crippen MR) is 101 cm³/mol. The minimum Gasteiger partial charge on any atom is -0.378 e. The number of hydrogen-bond donors (Lipinski definition) is 1. The van der Waals surface area contributed by atoms with Gasteiger partial charge in [-0.2, -0.15) is 0 Å². The van der Waals surface area contributed by atoms with Crippen molar-refractivity contribution >= 4 is 17.3 Å². The van der Waals surface area contributed by atoms with Gasteiger partial charge in [-0.1, -0.05) is 30.3 Å². The molecule has 1 aromatic carbocycles. The van der Waals surface area contributed by atoms with Crippen molar-refractivity contribution in [2.75, 3.05) is 26.3 Å². The number of nitrogens with two attached hydrogens (primary N) is 1. The number of morpholine rings is 1. The molecule has 0 amide bonds. The van der Waals surface area contributed by atoms with Crippen molar-refractivity contribution in [3.05, 3.63) is 51.5 Å². The van der Waals surface area contributed by atoms with Crippen LogP contribution in [0.2, 0.25) is 0 Å². The van der Waals surface area contributed by atoms with Gasteiger partial charge in [0.2, 0.25) is 0 Å². The lowest BCUT2D eigenvalue weighted by molar-refractivity contribution is 0.0674. The average Bonchev–Trinajstić information content (AvgIpc) is 3.09. The summed E-state index contributed by atoms with van der Waals surface area (Å²) < 4.78 is 5.35. The molecule has 2 aromatic rings. The lowest BCUT2D eigenvalue weighted by Gasteiger charge is -2.27. The van der Waals surface area contributed by atoms with Crippen LogP contribution in [0.4, 0.5) is 0 Å². The highest BCUT2D eigenvalue weighted by atomic mass is 32.1. The zero-order chi connectivity index (χ0) is 17.1. The van der Waals surface area contributed by atoms with E-state index in [1.807, 2.05) is 0 Å². The van der Waals surface area contributed by atoms with E-state index in [0.717, 1.165) is 44.2 Å². The summed E-state index contributed by atoms with van der Waals surface area (Å²) in [5.41, 5.74) is 8.83. The van der Waals surface area contributed by atoms with Crippen LogP contribution >= 0.6 is 11.3 Å². The van der Waals surface area contributed by atoms with Crippen LogP contribution in [0.3, 0.4) is 0 Å². The molecule has 1 aliphatic heterocycles. The molecule has 4 rings (SSSR count). The van der Waals surface area contributed by atoms with Gasteiger partial charge in [0.25, 0.3) is 0 Å². The largest absolute Gasteiger partial charge is 0.378 e. The number of thiazole rings is 1. The summed E-state index contributed by atoms with van der Waals surface area (Å²) in [4.78, 5) is 12.9. The Morgan fingerprint density at radius 1 is 1.28 bits per heavy atom. The number of aliphatic imine (C=N–C) groups is 1. The van der Waals surface area contributed by atoms with Crippen molar-refractivity contribution in [1.82, 2.24) is 9.88 Å². The zero-order valence-electron chi connectivity index (χ0n) is 14.4. The predicted octanol–water partition coefficient (Wildman–Crippen LogP) is 2.56. The fourth-order valence-electron chi connectivity index (χ4n) is 3.55. The lowest BCUT2D eigenvalue weighted by atomic mass is 9.85. The maximum absolute atomic E-state index is 6.11. The molecule has 1 fully saturated rings. The molecule has 2 heterocycles. The van der Waals surface area contributed by atoms with Gasteiger partial charge in [0.15, 0.2) is 5.96 Å². The topological polar surface area (TPSA) is 63.7 Å². The van der Waals surface area contributed by atoms with Gasteiger partial charge in [0.05, 0.1) is 25.5 Å². The summed E-state index contributed by atoms with van der Waals surface area (Å²) in [7, 11) is 0. The van der Waals surface area contributed by atoms with E-state index in [1.165, 1.54) is 22.6 Å². The van der Waals surface area contributed by atoms with Gasteiger partial charge >= 0.3 is 0 Å². The average molecular weight is 356 g/mol. The van der Waals surface area contributed by atoms with Crippen molar-refractivity contribution in [1.29, 1.82) is 0 Å². The van der Waals surface area contributed by atoms with E-state index in [9.17, 15) is 0 Å². The van der Waals surface area contributed by atoms with Crippen LogP contribution in [-0.4, -0.2) is 42.1 Å². The van der Waals surface area contributed by atoms with Gasteiger partial charge in [-0.3, -0.25) is 0 Å². The Morgan fingerprint density at radius 2 is 2.08 bits per heavy atom. The van der Waals surface area contributed by atoms with Gasteiger partial charge in [-0.25, -0.2) is 9.98 Å². The molecule has 2 N–H and O–H groups in total. The molecule has 1 unspecified atom stereocenters. The molecule has 5 nitrogen and oxygen atoms in total. The summed E-state index contributed by atoms with van der Waals surface area (Å²) in [6.07, 6.45) is 3.34. The summed E-state index contributed by atoms with van der Waals surface area (Å²) in [5.74, 6) is 1.22. The number of guanidine groups is 1. The third-order valence-corrected chi connectivity index (χ3v) is 6.07. The number of rotatable bonds is 3. The van der Waals surface area contributed by atoms with Crippen molar-refractivity contribution in [3.63, 3.8) is 0 Å². The first kappa shape index (κ1) is 16.5. The summed E-state index contributed by atoms with van der Waals surface area (Å²) >= 11 is 1.81. The second kappa shape index (κ2) is 7.54. The highest BCUT2D eigenvalue weighted by Gasteiger charge is 2.23. The number of aromatic nitrogens is 1. The molecule has 1 aliphatic carbocycles. The molecule has 0 bridgehead atoms. The molecule has 6 heteroatoms. The standard InChI is InChI=1S/C19H24N4OS/c20-19(23-8-10-24-11-9-23)21-13-18-22-16-7-6-15(12-17(16)25-18)14-4-2-1-3-5-14/h1-5,15H,6-13H2,(H2,20,21). The minimum absolute atomic E-state index is 0.580. The SMILES string of the molecule is NC(=NCc1nc2c(s1)CC(c1ccccc1)CC2)N1CCOCC1. The van der Waals surface area contributed by atoms with E-state index in [0.29, 0.717) is 18.4 Å². The minimum atomic E-state index is 0.580. The van der Waals surface area contributed by atoms with Crippen LogP contribution in [0.5, 0.6) is 0 Å². The maximum Gasteiger partial charge on any atom is 0.191 e. The van der Waals surface area contributed by atoms with E-state index < -0.39 is 0 Å². The molecular formula is C19H24N4OS. The number of hydrogen-bond acceptors (Lipinski definition) is 4. The Balaban J connectivity index is 1.42. The summed E-state index contributed by atoms with van der Waals surface area (Å²) in [6, 6.07) is 10.8. The highest BCUT2D eigenvalue weighted by Crippen LogP contribution is 2.35. The smallest absolute Gasteiger partial charge is 0.191 e. The van der Waals surface area contributed by atoms with E-state index >= 15 is 0 Å². The number of aryl methyl sites for hydroxylation is 1. The molecular weight excluding hydrogens is 332 g/mol. The fraction of sp³-hybridized carbons (Fsp3) is 0.474. The molecule has 1 atom stereocenters. The van der Waals surface area contributed by atoms with Gasteiger partial charge in [-0.05, 0) is 30.7 Å². The Bertz CT molecular complexity index is 737. The van der Waals surface area contributed by atoms with Crippen molar-refractivity contribution in [3.8, 4) is 0 Å². The van der Waals surface area contributed by atoms with Gasteiger partial charge in [0.1, 0.15) is 5.01 Å². The Kier molecular flexibility index (Phi) is 4.99. The summed E-state index contributed by atoms with van der Waals surface area (Å²) in [5, 5.41) is 1.08. The molecule has 0 radical (unpaired) electrons. The van der Waals surface area contributed by atoms with Crippen LogP contribution in [0, 0.1) is 0 Å². The van der Waals surface area contributed by atoms with E-state index in [4.69, 9.17) is 15.5 Å². The van der Waals surface area contributed by atoms with Crippen LogP contribution in [0.1, 0.15) is 33.5 Å². The zero-order valence-corrected chi connectivity index (χ0v) is 15.2.